The Balaban J connectivity index is 1.32. The number of rotatable bonds is 8. The van der Waals surface area contributed by atoms with Crippen LogP contribution in [0.25, 0.3) is 33.9 Å². The van der Waals surface area contributed by atoms with Crippen LogP contribution in [0.1, 0.15) is 5.56 Å². The van der Waals surface area contributed by atoms with E-state index >= 15 is 0 Å². The largest absolute Gasteiger partial charge is 0.489 e. The minimum absolute atomic E-state index is 0.104. The third kappa shape index (κ3) is 4.37. The van der Waals surface area contributed by atoms with Gasteiger partial charge < -0.3 is 19.2 Å². The molecule has 0 aliphatic rings. The summed E-state index contributed by atoms with van der Waals surface area (Å²) in [6.45, 7) is 0.509. The lowest BCUT2D eigenvalue weighted by atomic mass is 10.2. The topological polar surface area (TPSA) is 117 Å². The number of aliphatic carboxylic acids is 1. The number of aromatic nitrogens is 4. The molecule has 3 aromatic heterocycles. The van der Waals surface area contributed by atoms with Crippen molar-refractivity contribution in [2.75, 3.05) is 5.75 Å². The first-order valence-electron chi connectivity index (χ1n) is 9.81. The number of H-pyrrole nitrogens is 2. The van der Waals surface area contributed by atoms with Crippen molar-refractivity contribution in [1.29, 1.82) is 0 Å². The van der Waals surface area contributed by atoms with E-state index in [0.717, 1.165) is 39.7 Å². The summed E-state index contributed by atoms with van der Waals surface area (Å²) in [5.74, 6) is 1.37. The number of carboxylic acid groups (broad SMARTS) is 1. The molecule has 0 unspecified atom stereocenters. The van der Waals surface area contributed by atoms with Crippen LogP contribution in [0.3, 0.4) is 0 Å². The Morgan fingerprint density at radius 3 is 2.75 bits per heavy atom. The summed E-state index contributed by atoms with van der Waals surface area (Å²) in [7, 11) is 0. The van der Waals surface area contributed by atoms with Gasteiger partial charge in [-0.3, -0.25) is 9.89 Å². The van der Waals surface area contributed by atoms with Gasteiger partial charge in [-0.2, -0.15) is 4.98 Å². The SMILES string of the molecule is O=C(O)CSc1n[nH]c(-c2ccc(-c3cc4cc(OCc5ccccc5)ccc4[nH]3)o2)n1. The Labute approximate surface area is 186 Å². The minimum Gasteiger partial charge on any atom is -0.489 e. The molecule has 0 saturated carbocycles. The molecule has 5 aromatic rings. The first kappa shape index (κ1) is 20.0. The van der Waals surface area contributed by atoms with E-state index in [9.17, 15) is 4.79 Å². The third-order valence-corrected chi connectivity index (χ3v) is 5.57. The predicted molar refractivity (Wildman–Crippen MR) is 121 cm³/mol. The van der Waals surface area contributed by atoms with Crippen molar-refractivity contribution in [3.05, 3.63) is 72.3 Å². The van der Waals surface area contributed by atoms with Gasteiger partial charge in [0.1, 0.15) is 12.4 Å². The molecule has 0 bridgehead atoms. The first-order chi connectivity index (χ1) is 15.6. The Kier molecular flexibility index (Phi) is 5.39. The molecule has 32 heavy (non-hydrogen) atoms. The molecule has 0 atom stereocenters. The molecule has 3 heterocycles. The van der Waals surface area contributed by atoms with Crippen molar-refractivity contribution in [3.63, 3.8) is 0 Å². The number of aromatic amines is 2. The van der Waals surface area contributed by atoms with Crippen LogP contribution in [-0.4, -0.2) is 37.0 Å². The van der Waals surface area contributed by atoms with Gasteiger partial charge in [0.15, 0.2) is 17.3 Å². The molecular weight excluding hydrogens is 428 g/mol. The van der Waals surface area contributed by atoms with Crippen LogP contribution < -0.4 is 4.74 Å². The Morgan fingerprint density at radius 2 is 1.91 bits per heavy atom. The molecule has 8 nitrogen and oxygen atoms in total. The number of ether oxygens (including phenoxy) is 1. The van der Waals surface area contributed by atoms with Gasteiger partial charge in [-0.15, -0.1) is 5.10 Å². The van der Waals surface area contributed by atoms with Crippen molar-refractivity contribution >= 4 is 28.6 Å². The zero-order valence-electron chi connectivity index (χ0n) is 16.7. The maximum Gasteiger partial charge on any atom is 0.313 e. The Hall–Kier alpha value is -3.98. The smallest absolute Gasteiger partial charge is 0.313 e. The number of carboxylic acids is 1. The van der Waals surface area contributed by atoms with Gasteiger partial charge in [-0.25, -0.2) is 0 Å². The van der Waals surface area contributed by atoms with Gasteiger partial charge in [0.2, 0.25) is 5.16 Å². The number of furan rings is 1. The fourth-order valence-electron chi connectivity index (χ4n) is 3.23. The van der Waals surface area contributed by atoms with Crippen LogP contribution in [0.5, 0.6) is 5.75 Å². The molecular formula is C23H18N4O4S. The van der Waals surface area contributed by atoms with Gasteiger partial charge >= 0.3 is 5.97 Å². The number of hydrogen-bond acceptors (Lipinski definition) is 6. The van der Waals surface area contributed by atoms with E-state index in [1.54, 1.807) is 6.07 Å². The van der Waals surface area contributed by atoms with Gasteiger partial charge in [0.25, 0.3) is 0 Å². The second-order valence-corrected chi connectivity index (χ2v) is 7.96. The molecule has 0 amide bonds. The van der Waals surface area contributed by atoms with Gasteiger partial charge in [0, 0.05) is 10.9 Å². The summed E-state index contributed by atoms with van der Waals surface area (Å²) < 4.78 is 11.9. The number of hydrogen-bond donors (Lipinski definition) is 3. The van der Waals surface area contributed by atoms with Crippen molar-refractivity contribution < 1.29 is 19.1 Å². The highest BCUT2D eigenvalue weighted by Gasteiger charge is 2.14. The van der Waals surface area contributed by atoms with E-state index < -0.39 is 5.97 Å². The van der Waals surface area contributed by atoms with E-state index in [2.05, 4.69) is 20.2 Å². The molecule has 2 aromatic carbocycles. The molecule has 9 heteroatoms. The van der Waals surface area contributed by atoms with Crippen molar-refractivity contribution in [3.8, 4) is 28.8 Å². The fourth-order valence-corrected chi connectivity index (χ4v) is 3.75. The molecule has 5 rings (SSSR count). The number of nitrogens with one attached hydrogen (secondary N) is 2. The van der Waals surface area contributed by atoms with E-state index in [0.29, 0.717) is 29.1 Å². The second kappa shape index (κ2) is 8.64. The molecule has 0 radical (unpaired) electrons. The summed E-state index contributed by atoms with van der Waals surface area (Å²) in [5.41, 5.74) is 2.91. The highest BCUT2D eigenvalue weighted by atomic mass is 32.2. The molecule has 160 valence electrons. The molecule has 0 aliphatic carbocycles. The van der Waals surface area contributed by atoms with Crippen LogP contribution in [-0.2, 0) is 11.4 Å². The standard InChI is InChI=1S/C23H18N4O4S/c28-21(29)13-32-23-25-22(26-27-23)20-9-8-19(31-20)18-11-15-10-16(6-7-17(15)24-18)30-12-14-4-2-1-3-5-14/h1-11,24H,12-13H2,(H,28,29)(H,25,26,27). The predicted octanol–water partition coefficient (Wildman–Crippen LogP) is 4.97. The molecule has 3 N–H and O–H groups in total. The number of thioether (sulfide) groups is 1. The lowest BCUT2D eigenvalue weighted by Crippen LogP contribution is -1.97. The zero-order chi connectivity index (χ0) is 21.9. The quantitative estimate of drug-likeness (QED) is 0.288. The third-order valence-electron chi connectivity index (χ3n) is 4.74. The zero-order valence-corrected chi connectivity index (χ0v) is 17.6. The lowest BCUT2D eigenvalue weighted by molar-refractivity contribution is -0.133. The molecule has 0 saturated heterocycles. The summed E-state index contributed by atoms with van der Waals surface area (Å²) in [6.07, 6.45) is 0. The summed E-state index contributed by atoms with van der Waals surface area (Å²) in [4.78, 5) is 18.3. The van der Waals surface area contributed by atoms with Crippen LogP contribution >= 0.6 is 11.8 Å². The maximum atomic E-state index is 10.7. The van der Waals surface area contributed by atoms with Gasteiger partial charge in [-0.1, -0.05) is 42.1 Å². The Morgan fingerprint density at radius 1 is 1.06 bits per heavy atom. The van der Waals surface area contributed by atoms with Gasteiger partial charge in [0.05, 0.1) is 11.4 Å². The van der Waals surface area contributed by atoms with E-state index in [1.807, 2.05) is 60.7 Å². The number of nitrogens with zero attached hydrogens (tertiary/aromatic N) is 2. The fraction of sp³-hybridized carbons (Fsp3) is 0.0870. The molecule has 0 aliphatic heterocycles. The second-order valence-electron chi connectivity index (χ2n) is 7.02. The van der Waals surface area contributed by atoms with Crippen LogP contribution in [0.2, 0.25) is 0 Å². The summed E-state index contributed by atoms with van der Waals surface area (Å²) in [6, 6.07) is 21.6. The van der Waals surface area contributed by atoms with Crippen LogP contribution in [0.4, 0.5) is 0 Å². The highest BCUT2D eigenvalue weighted by molar-refractivity contribution is 7.99. The van der Waals surface area contributed by atoms with Gasteiger partial charge in [-0.05, 0) is 42.0 Å². The van der Waals surface area contributed by atoms with E-state index in [4.69, 9.17) is 14.3 Å². The first-order valence-corrected chi connectivity index (χ1v) is 10.8. The number of fused-ring (bicyclic) bond motifs is 1. The van der Waals surface area contributed by atoms with Crippen molar-refractivity contribution in [1.82, 2.24) is 20.2 Å². The maximum absolute atomic E-state index is 10.7. The average Bonchev–Trinajstić information content (AvgIpc) is 3.55. The van der Waals surface area contributed by atoms with Crippen LogP contribution in [0.15, 0.2) is 76.3 Å². The summed E-state index contributed by atoms with van der Waals surface area (Å²) >= 11 is 1.04. The summed E-state index contributed by atoms with van der Waals surface area (Å²) in [5, 5.41) is 16.9. The Bertz CT molecular complexity index is 1370. The van der Waals surface area contributed by atoms with E-state index in [-0.39, 0.29) is 5.75 Å². The molecule has 0 spiro atoms. The molecule has 0 fully saturated rings. The number of benzene rings is 2. The normalized spacial score (nSPS) is 11.1. The minimum atomic E-state index is -0.922. The monoisotopic (exact) mass is 446 g/mol. The number of carbonyl (C=O) groups is 1. The van der Waals surface area contributed by atoms with E-state index in [1.165, 1.54) is 0 Å². The van der Waals surface area contributed by atoms with Crippen molar-refractivity contribution in [2.45, 2.75) is 11.8 Å². The van der Waals surface area contributed by atoms with Crippen LogP contribution in [0, 0.1) is 0 Å². The van der Waals surface area contributed by atoms with Crippen molar-refractivity contribution in [2.24, 2.45) is 0 Å². The highest BCUT2D eigenvalue weighted by Crippen LogP contribution is 2.31. The lowest BCUT2D eigenvalue weighted by Gasteiger charge is -2.06. The average molecular weight is 446 g/mol.